The Hall–Kier alpha value is -2.15. The number of nitrogens with one attached hydrogen (secondary N) is 1. The van der Waals surface area contributed by atoms with E-state index in [1.54, 1.807) is 29.8 Å². The number of rotatable bonds is 4. The zero-order chi connectivity index (χ0) is 17.1. The molecule has 1 atom stereocenters. The standard InChI is InChI=1S/C17H18FN3O2S/c1-11-8-20-17-21(16(11)23)9-13(10-24-17)15(22)19-7-6-12-2-4-14(18)5-3-12/h2-5,8,13H,6-7,9-10H2,1H3,(H,19,22)/t13-/m0/s1. The van der Waals surface area contributed by atoms with Crippen LogP contribution in [0.3, 0.4) is 0 Å². The summed E-state index contributed by atoms with van der Waals surface area (Å²) in [7, 11) is 0. The lowest BCUT2D eigenvalue weighted by Crippen LogP contribution is -2.40. The minimum absolute atomic E-state index is 0.0660. The molecule has 2 heterocycles. The molecule has 7 heteroatoms. The molecule has 0 saturated carbocycles. The third kappa shape index (κ3) is 3.67. The summed E-state index contributed by atoms with van der Waals surface area (Å²) < 4.78 is 14.4. The van der Waals surface area contributed by atoms with Gasteiger partial charge in [-0.1, -0.05) is 23.9 Å². The first-order valence-electron chi connectivity index (χ1n) is 7.76. The van der Waals surface area contributed by atoms with Crippen molar-refractivity contribution >= 4 is 17.7 Å². The maximum absolute atomic E-state index is 12.9. The smallest absolute Gasteiger partial charge is 0.257 e. The molecule has 1 aliphatic rings. The highest BCUT2D eigenvalue weighted by atomic mass is 32.2. The molecule has 1 aromatic heterocycles. The first-order chi connectivity index (χ1) is 11.5. The number of carbonyl (C=O) groups excluding carboxylic acids is 1. The number of thioether (sulfide) groups is 1. The van der Waals surface area contributed by atoms with Crippen LogP contribution in [0.15, 0.2) is 40.4 Å². The van der Waals surface area contributed by atoms with Gasteiger partial charge in [-0.25, -0.2) is 9.37 Å². The highest BCUT2D eigenvalue weighted by Gasteiger charge is 2.26. The number of carbonyl (C=O) groups is 1. The predicted molar refractivity (Wildman–Crippen MR) is 90.6 cm³/mol. The van der Waals surface area contributed by atoms with Crippen LogP contribution in [0, 0.1) is 18.7 Å². The summed E-state index contributed by atoms with van der Waals surface area (Å²) in [6.45, 7) is 2.57. The molecule has 1 N–H and O–H groups in total. The molecule has 0 saturated heterocycles. The minimum Gasteiger partial charge on any atom is -0.355 e. The Morgan fingerprint density at radius 3 is 2.92 bits per heavy atom. The fourth-order valence-electron chi connectivity index (χ4n) is 2.59. The third-order valence-corrected chi connectivity index (χ3v) is 5.15. The van der Waals surface area contributed by atoms with Gasteiger partial charge in [0, 0.05) is 30.6 Å². The third-order valence-electron chi connectivity index (χ3n) is 4.00. The quantitative estimate of drug-likeness (QED) is 0.856. The van der Waals surface area contributed by atoms with E-state index in [0.29, 0.717) is 36.0 Å². The molecular weight excluding hydrogens is 329 g/mol. The number of aromatic nitrogens is 2. The Morgan fingerprint density at radius 1 is 1.42 bits per heavy atom. The van der Waals surface area contributed by atoms with E-state index >= 15 is 0 Å². The van der Waals surface area contributed by atoms with Crippen LogP contribution < -0.4 is 10.9 Å². The average Bonchev–Trinajstić information content (AvgIpc) is 2.59. The number of nitrogens with zero attached hydrogens (tertiary/aromatic N) is 2. The molecule has 1 aromatic carbocycles. The Bertz CT molecular complexity index is 804. The molecular formula is C17H18FN3O2S. The topological polar surface area (TPSA) is 64.0 Å². The number of hydrogen-bond donors (Lipinski definition) is 1. The van der Waals surface area contributed by atoms with E-state index in [0.717, 1.165) is 5.56 Å². The number of amides is 1. The van der Waals surface area contributed by atoms with E-state index < -0.39 is 0 Å². The highest BCUT2D eigenvalue weighted by Crippen LogP contribution is 2.24. The molecule has 126 valence electrons. The zero-order valence-corrected chi connectivity index (χ0v) is 14.1. The van der Waals surface area contributed by atoms with Crippen LogP contribution in [0.2, 0.25) is 0 Å². The van der Waals surface area contributed by atoms with Gasteiger partial charge in [-0.2, -0.15) is 0 Å². The van der Waals surface area contributed by atoms with Gasteiger partial charge in [-0.3, -0.25) is 14.2 Å². The lowest BCUT2D eigenvalue weighted by atomic mass is 10.1. The van der Waals surface area contributed by atoms with Crippen LogP contribution in [0.1, 0.15) is 11.1 Å². The lowest BCUT2D eigenvalue weighted by molar-refractivity contribution is -0.124. The second-order valence-electron chi connectivity index (χ2n) is 5.81. The molecule has 0 aliphatic carbocycles. The average molecular weight is 347 g/mol. The monoisotopic (exact) mass is 347 g/mol. The van der Waals surface area contributed by atoms with E-state index in [9.17, 15) is 14.0 Å². The highest BCUT2D eigenvalue weighted by molar-refractivity contribution is 7.99. The molecule has 0 bridgehead atoms. The van der Waals surface area contributed by atoms with Gasteiger partial charge >= 0.3 is 0 Å². The molecule has 0 radical (unpaired) electrons. The van der Waals surface area contributed by atoms with Gasteiger partial charge in [0.05, 0.1) is 5.92 Å². The second-order valence-corrected chi connectivity index (χ2v) is 6.80. The fraction of sp³-hybridized carbons (Fsp3) is 0.353. The number of fused-ring (bicyclic) bond motifs is 1. The van der Waals surface area contributed by atoms with Crippen molar-refractivity contribution in [2.75, 3.05) is 12.3 Å². The molecule has 0 unspecified atom stereocenters. The maximum Gasteiger partial charge on any atom is 0.257 e. The summed E-state index contributed by atoms with van der Waals surface area (Å²) in [5, 5.41) is 3.57. The summed E-state index contributed by atoms with van der Waals surface area (Å²) in [5.41, 5.74) is 1.46. The SMILES string of the molecule is Cc1cnc2n(c1=O)C[C@H](C(=O)NCCc1ccc(F)cc1)CS2. The van der Waals surface area contributed by atoms with Crippen LogP contribution in [0.4, 0.5) is 4.39 Å². The van der Waals surface area contributed by atoms with E-state index in [4.69, 9.17) is 0 Å². The molecule has 3 rings (SSSR count). The summed E-state index contributed by atoms with van der Waals surface area (Å²) in [6, 6.07) is 6.24. The number of halogens is 1. The number of benzene rings is 1. The normalized spacial score (nSPS) is 16.5. The van der Waals surface area contributed by atoms with Crippen LogP contribution in [-0.4, -0.2) is 27.8 Å². The zero-order valence-electron chi connectivity index (χ0n) is 13.3. The molecule has 5 nitrogen and oxygen atoms in total. The van der Waals surface area contributed by atoms with Crippen molar-refractivity contribution in [3.8, 4) is 0 Å². The van der Waals surface area contributed by atoms with Crippen LogP contribution in [-0.2, 0) is 17.8 Å². The van der Waals surface area contributed by atoms with Gasteiger partial charge in [0.15, 0.2) is 5.16 Å². The molecule has 1 amide bonds. The number of aryl methyl sites for hydroxylation is 1. The molecule has 0 fully saturated rings. The van der Waals surface area contributed by atoms with Crippen molar-refractivity contribution in [3.05, 3.63) is 57.8 Å². The van der Waals surface area contributed by atoms with E-state index in [1.807, 2.05) is 0 Å². The van der Waals surface area contributed by atoms with Crippen LogP contribution in [0.5, 0.6) is 0 Å². The van der Waals surface area contributed by atoms with Gasteiger partial charge in [-0.05, 0) is 31.0 Å². The largest absolute Gasteiger partial charge is 0.355 e. The number of hydrogen-bond acceptors (Lipinski definition) is 4. The van der Waals surface area contributed by atoms with Crippen LogP contribution >= 0.6 is 11.8 Å². The summed E-state index contributed by atoms with van der Waals surface area (Å²) in [5.74, 6) is 0.0217. The first kappa shape index (κ1) is 16.7. The fourth-order valence-corrected chi connectivity index (χ4v) is 3.63. The minimum atomic E-state index is -0.268. The van der Waals surface area contributed by atoms with E-state index in [1.165, 1.54) is 23.9 Å². The predicted octanol–water partition coefficient (Wildman–Crippen LogP) is 1.77. The lowest BCUT2D eigenvalue weighted by Gasteiger charge is -2.24. The van der Waals surface area contributed by atoms with Gasteiger partial charge in [-0.15, -0.1) is 0 Å². The van der Waals surface area contributed by atoms with Crippen molar-refractivity contribution in [1.29, 1.82) is 0 Å². The van der Waals surface area contributed by atoms with Gasteiger partial charge in [0.1, 0.15) is 5.82 Å². The molecule has 1 aliphatic heterocycles. The summed E-state index contributed by atoms with van der Waals surface area (Å²) in [6.07, 6.45) is 2.22. The summed E-state index contributed by atoms with van der Waals surface area (Å²) in [4.78, 5) is 28.7. The van der Waals surface area contributed by atoms with Crippen molar-refractivity contribution in [2.24, 2.45) is 5.92 Å². The van der Waals surface area contributed by atoms with Crippen molar-refractivity contribution in [3.63, 3.8) is 0 Å². The maximum atomic E-state index is 12.9. The van der Waals surface area contributed by atoms with Gasteiger partial charge in [0.2, 0.25) is 5.91 Å². The molecule has 2 aromatic rings. The second kappa shape index (κ2) is 7.17. The van der Waals surface area contributed by atoms with E-state index in [-0.39, 0.29) is 23.2 Å². The Morgan fingerprint density at radius 2 is 2.17 bits per heavy atom. The van der Waals surface area contributed by atoms with E-state index in [2.05, 4.69) is 10.3 Å². The van der Waals surface area contributed by atoms with Crippen molar-refractivity contribution in [1.82, 2.24) is 14.9 Å². The van der Waals surface area contributed by atoms with Crippen molar-refractivity contribution in [2.45, 2.75) is 25.0 Å². The Kier molecular flexibility index (Phi) is 4.99. The molecule has 24 heavy (non-hydrogen) atoms. The Balaban J connectivity index is 1.57. The first-order valence-corrected chi connectivity index (χ1v) is 8.74. The Labute approximate surface area is 143 Å². The van der Waals surface area contributed by atoms with Gasteiger partial charge in [0.25, 0.3) is 5.56 Å². The van der Waals surface area contributed by atoms with Gasteiger partial charge < -0.3 is 5.32 Å². The summed E-state index contributed by atoms with van der Waals surface area (Å²) >= 11 is 1.43. The molecule has 0 spiro atoms. The van der Waals surface area contributed by atoms with Crippen molar-refractivity contribution < 1.29 is 9.18 Å². The van der Waals surface area contributed by atoms with Crippen LogP contribution in [0.25, 0.3) is 0 Å².